The minimum Gasteiger partial charge on any atom is -0.409 e. The third kappa shape index (κ3) is 2.21. The summed E-state index contributed by atoms with van der Waals surface area (Å²) in [5.41, 5.74) is 7.09. The smallest absolute Gasteiger partial charge is 0.172 e. The minimum absolute atomic E-state index is 0.0281. The van der Waals surface area contributed by atoms with E-state index in [-0.39, 0.29) is 11.7 Å². The molecule has 2 unspecified atom stereocenters. The van der Waals surface area contributed by atoms with Crippen molar-refractivity contribution in [1.29, 1.82) is 0 Å². The van der Waals surface area contributed by atoms with Gasteiger partial charge in [-0.2, -0.15) is 0 Å². The lowest BCUT2D eigenvalue weighted by Gasteiger charge is -2.40. The third-order valence-electron chi connectivity index (χ3n) is 4.64. The van der Waals surface area contributed by atoms with Crippen molar-refractivity contribution in [3.8, 4) is 0 Å². The molecule has 1 saturated carbocycles. The molecule has 20 heavy (non-hydrogen) atoms. The van der Waals surface area contributed by atoms with Crippen LogP contribution in [0.15, 0.2) is 23.4 Å². The van der Waals surface area contributed by atoms with Crippen LogP contribution in [0, 0.1) is 11.7 Å². The van der Waals surface area contributed by atoms with E-state index < -0.39 is 0 Å². The van der Waals surface area contributed by atoms with Crippen LogP contribution in [0.3, 0.4) is 0 Å². The quantitative estimate of drug-likeness (QED) is 0.378. The number of halogens is 1. The molecule has 0 spiro atoms. The zero-order chi connectivity index (χ0) is 14.1. The Balaban J connectivity index is 2.00. The van der Waals surface area contributed by atoms with Crippen LogP contribution < -0.4 is 10.6 Å². The molecule has 0 amide bonds. The standard InChI is InChI=1S/C15H20FN3O/c16-11-6-7-14(12(9-11)15(17)18-20)19-8-2-4-10-3-1-5-13(10)19/h6-7,9-10,13,20H,1-5,8H2,(H2,17,18). The molecule has 3 N–H and O–H groups in total. The number of rotatable bonds is 2. The number of fused-ring (bicyclic) bond motifs is 1. The lowest BCUT2D eigenvalue weighted by atomic mass is 9.91. The summed E-state index contributed by atoms with van der Waals surface area (Å²) in [5, 5.41) is 12.0. The van der Waals surface area contributed by atoms with Gasteiger partial charge in [-0.3, -0.25) is 0 Å². The van der Waals surface area contributed by atoms with Crippen LogP contribution in [0.2, 0.25) is 0 Å². The zero-order valence-electron chi connectivity index (χ0n) is 11.4. The Labute approximate surface area is 118 Å². The van der Waals surface area contributed by atoms with Crippen LogP contribution in [0.1, 0.15) is 37.7 Å². The first-order valence-corrected chi connectivity index (χ1v) is 7.25. The van der Waals surface area contributed by atoms with E-state index in [1.54, 1.807) is 6.07 Å². The van der Waals surface area contributed by atoms with Crippen molar-refractivity contribution in [2.45, 2.75) is 38.1 Å². The lowest BCUT2D eigenvalue weighted by Crippen LogP contribution is -2.43. The van der Waals surface area contributed by atoms with Crippen molar-refractivity contribution < 1.29 is 9.60 Å². The van der Waals surface area contributed by atoms with E-state index in [1.165, 1.54) is 37.8 Å². The Bertz CT molecular complexity index is 532. The maximum absolute atomic E-state index is 13.5. The van der Waals surface area contributed by atoms with Gasteiger partial charge in [-0.25, -0.2) is 4.39 Å². The van der Waals surface area contributed by atoms with Crippen LogP contribution >= 0.6 is 0 Å². The average Bonchev–Trinajstić information content (AvgIpc) is 2.95. The van der Waals surface area contributed by atoms with Gasteiger partial charge in [-0.1, -0.05) is 11.6 Å². The fourth-order valence-corrected chi connectivity index (χ4v) is 3.77. The highest BCUT2D eigenvalue weighted by atomic mass is 19.1. The molecule has 2 fully saturated rings. The summed E-state index contributed by atoms with van der Waals surface area (Å²) in [6, 6.07) is 5.06. The van der Waals surface area contributed by atoms with Crippen molar-refractivity contribution in [1.82, 2.24) is 0 Å². The minimum atomic E-state index is -0.365. The average molecular weight is 277 g/mol. The van der Waals surface area contributed by atoms with Gasteiger partial charge in [-0.15, -0.1) is 0 Å². The summed E-state index contributed by atoms with van der Waals surface area (Å²) in [4.78, 5) is 2.33. The Hall–Kier alpha value is -1.78. The van der Waals surface area contributed by atoms with E-state index in [0.717, 1.165) is 24.6 Å². The number of hydrogen-bond donors (Lipinski definition) is 2. The molecule has 4 nitrogen and oxygen atoms in total. The molecule has 0 aromatic heterocycles. The van der Waals surface area contributed by atoms with Gasteiger partial charge in [-0.05, 0) is 49.8 Å². The molecule has 1 aliphatic heterocycles. The second-order valence-corrected chi connectivity index (χ2v) is 5.74. The Morgan fingerprint density at radius 3 is 2.90 bits per heavy atom. The molecule has 0 bridgehead atoms. The van der Waals surface area contributed by atoms with E-state index in [1.807, 2.05) is 0 Å². The number of oxime groups is 1. The topological polar surface area (TPSA) is 61.9 Å². The Morgan fingerprint density at radius 1 is 1.30 bits per heavy atom. The summed E-state index contributed by atoms with van der Waals surface area (Å²) < 4.78 is 13.5. The molecule has 1 aromatic carbocycles. The van der Waals surface area contributed by atoms with Crippen LogP contribution in [0.4, 0.5) is 10.1 Å². The van der Waals surface area contributed by atoms with Crippen LogP contribution in [0.5, 0.6) is 0 Å². The molecular weight excluding hydrogens is 257 g/mol. The summed E-state index contributed by atoms with van der Waals surface area (Å²) >= 11 is 0. The maximum Gasteiger partial charge on any atom is 0.172 e. The Kier molecular flexibility index (Phi) is 3.51. The lowest BCUT2D eigenvalue weighted by molar-refractivity contribution is 0.318. The number of piperidine rings is 1. The molecule has 108 valence electrons. The van der Waals surface area contributed by atoms with E-state index in [0.29, 0.717) is 11.6 Å². The number of anilines is 1. The highest BCUT2D eigenvalue weighted by Gasteiger charge is 2.36. The van der Waals surface area contributed by atoms with Crippen molar-refractivity contribution in [2.24, 2.45) is 16.8 Å². The first kappa shape index (κ1) is 13.2. The van der Waals surface area contributed by atoms with Crippen LogP contribution in [-0.4, -0.2) is 23.6 Å². The van der Waals surface area contributed by atoms with Gasteiger partial charge in [0.25, 0.3) is 0 Å². The largest absolute Gasteiger partial charge is 0.409 e. The molecule has 1 heterocycles. The van der Waals surface area contributed by atoms with E-state index in [9.17, 15) is 4.39 Å². The second-order valence-electron chi connectivity index (χ2n) is 5.74. The molecule has 1 aromatic rings. The van der Waals surface area contributed by atoms with Crippen molar-refractivity contribution in [2.75, 3.05) is 11.4 Å². The van der Waals surface area contributed by atoms with Gasteiger partial charge in [0.05, 0.1) is 0 Å². The van der Waals surface area contributed by atoms with Gasteiger partial charge >= 0.3 is 0 Å². The molecular formula is C15H20FN3O. The number of nitrogens with zero attached hydrogens (tertiary/aromatic N) is 2. The highest BCUT2D eigenvalue weighted by molar-refractivity contribution is 6.02. The summed E-state index contributed by atoms with van der Waals surface area (Å²) in [5.74, 6) is 0.337. The zero-order valence-corrected chi connectivity index (χ0v) is 11.4. The molecule has 2 aliphatic rings. The van der Waals surface area contributed by atoms with Crippen molar-refractivity contribution >= 4 is 11.5 Å². The predicted octanol–water partition coefficient (Wildman–Crippen LogP) is 2.69. The molecule has 1 aliphatic carbocycles. The molecule has 2 atom stereocenters. The van der Waals surface area contributed by atoms with Gasteiger partial charge in [0.2, 0.25) is 0 Å². The first-order valence-electron chi connectivity index (χ1n) is 7.25. The van der Waals surface area contributed by atoms with Crippen LogP contribution in [0.25, 0.3) is 0 Å². The predicted molar refractivity (Wildman–Crippen MR) is 76.6 cm³/mol. The van der Waals surface area contributed by atoms with Gasteiger partial charge in [0.15, 0.2) is 5.84 Å². The Morgan fingerprint density at radius 2 is 2.10 bits per heavy atom. The monoisotopic (exact) mass is 277 g/mol. The fraction of sp³-hybridized carbons (Fsp3) is 0.533. The number of nitrogens with two attached hydrogens (primary N) is 1. The normalized spacial score (nSPS) is 26.6. The number of benzene rings is 1. The molecule has 1 saturated heterocycles. The molecule has 0 radical (unpaired) electrons. The van der Waals surface area contributed by atoms with E-state index in [2.05, 4.69) is 10.1 Å². The summed E-state index contributed by atoms with van der Waals surface area (Å²) in [6.07, 6.45) is 6.14. The summed E-state index contributed by atoms with van der Waals surface area (Å²) in [7, 11) is 0. The summed E-state index contributed by atoms with van der Waals surface area (Å²) in [6.45, 7) is 0.957. The van der Waals surface area contributed by atoms with E-state index in [4.69, 9.17) is 10.9 Å². The SMILES string of the molecule is NC(=NO)c1cc(F)ccc1N1CCCC2CCCC21. The third-order valence-corrected chi connectivity index (χ3v) is 4.64. The second kappa shape index (κ2) is 5.31. The van der Waals surface area contributed by atoms with Gasteiger partial charge < -0.3 is 15.8 Å². The van der Waals surface area contributed by atoms with Gasteiger partial charge in [0, 0.05) is 23.8 Å². The number of hydrogen-bond acceptors (Lipinski definition) is 3. The van der Waals surface area contributed by atoms with Gasteiger partial charge in [0.1, 0.15) is 5.82 Å². The van der Waals surface area contributed by atoms with E-state index >= 15 is 0 Å². The van der Waals surface area contributed by atoms with Crippen molar-refractivity contribution in [3.05, 3.63) is 29.6 Å². The maximum atomic E-state index is 13.5. The first-order chi connectivity index (χ1) is 9.70. The van der Waals surface area contributed by atoms with Crippen LogP contribution in [-0.2, 0) is 0 Å². The fourth-order valence-electron chi connectivity index (χ4n) is 3.77. The van der Waals surface area contributed by atoms with Crippen molar-refractivity contribution in [3.63, 3.8) is 0 Å². The highest BCUT2D eigenvalue weighted by Crippen LogP contribution is 2.40. The number of amidine groups is 1. The molecule has 3 rings (SSSR count). The molecule has 5 heteroatoms.